The van der Waals surface area contributed by atoms with E-state index < -0.39 is 12.0 Å². The molecular formula is C20H27FN2O4. The summed E-state index contributed by atoms with van der Waals surface area (Å²) in [6, 6.07) is 4.79. The van der Waals surface area contributed by atoms with Crippen molar-refractivity contribution < 1.29 is 23.5 Å². The third-order valence-corrected chi connectivity index (χ3v) is 4.75. The van der Waals surface area contributed by atoms with Gasteiger partial charge in [-0.15, -0.1) is 0 Å². The minimum atomic E-state index is -0.652. The van der Waals surface area contributed by atoms with Gasteiger partial charge in [0.25, 0.3) is 5.91 Å². The molecule has 0 radical (unpaired) electrons. The normalized spacial score (nSPS) is 16.1. The number of hydrogen-bond donors (Lipinski definition) is 1. The number of carbonyl (C=O) groups excluding carboxylic acids is 3. The lowest BCUT2D eigenvalue weighted by molar-refractivity contribution is -0.146. The molecule has 1 atom stereocenters. The Morgan fingerprint density at radius 3 is 2.30 bits per heavy atom. The van der Waals surface area contributed by atoms with Crippen LogP contribution in [0.1, 0.15) is 43.5 Å². The van der Waals surface area contributed by atoms with E-state index in [1.165, 1.54) is 31.4 Å². The standard InChI is InChI=1S/C20H27FN2O4/c1-13(2)12-17(20(26)27-3)22-18(24)14-8-10-23(11-9-14)19(25)15-4-6-16(21)7-5-15/h4-7,13-14,17H,8-12H2,1-3H3,(H,22,24)/t17-/m0/s1. The summed E-state index contributed by atoms with van der Waals surface area (Å²) >= 11 is 0. The second-order valence-corrected chi connectivity index (χ2v) is 7.29. The van der Waals surface area contributed by atoms with Crippen LogP contribution in [0.15, 0.2) is 24.3 Å². The summed E-state index contributed by atoms with van der Waals surface area (Å²) in [6.45, 7) is 4.84. The number of benzene rings is 1. The first-order chi connectivity index (χ1) is 12.8. The van der Waals surface area contributed by atoms with Crippen LogP contribution in [0.5, 0.6) is 0 Å². The molecule has 1 N–H and O–H groups in total. The van der Waals surface area contributed by atoms with Gasteiger partial charge in [-0.25, -0.2) is 9.18 Å². The fourth-order valence-electron chi connectivity index (χ4n) is 3.24. The van der Waals surface area contributed by atoms with Crippen molar-refractivity contribution in [2.45, 2.75) is 39.2 Å². The van der Waals surface area contributed by atoms with Gasteiger partial charge in [-0.1, -0.05) is 13.8 Å². The van der Waals surface area contributed by atoms with Crippen LogP contribution in [0, 0.1) is 17.7 Å². The smallest absolute Gasteiger partial charge is 0.328 e. The largest absolute Gasteiger partial charge is 0.467 e. The lowest BCUT2D eigenvalue weighted by Gasteiger charge is -2.32. The second-order valence-electron chi connectivity index (χ2n) is 7.29. The summed E-state index contributed by atoms with van der Waals surface area (Å²) in [5, 5.41) is 2.79. The maximum Gasteiger partial charge on any atom is 0.328 e. The van der Waals surface area contributed by atoms with E-state index in [0.29, 0.717) is 37.9 Å². The summed E-state index contributed by atoms with van der Waals surface area (Å²) in [7, 11) is 1.31. The van der Waals surface area contributed by atoms with Crippen molar-refractivity contribution in [2.24, 2.45) is 11.8 Å². The molecule has 0 aromatic heterocycles. The molecular weight excluding hydrogens is 351 g/mol. The van der Waals surface area contributed by atoms with Crippen molar-refractivity contribution in [1.82, 2.24) is 10.2 Å². The number of ether oxygens (including phenoxy) is 1. The number of methoxy groups -OCH3 is 1. The Bertz CT molecular complexity index is 667. The van der Waals surface area contributed by atoms with Gasteiger partial charge in [0.1, 0.15) is 11.9 Å². The molecule has 148 valence electrons. The average molecular weight is 378 g/mol. The van der Waals surface area contributed by atoms with Gasteiger partial charge < -0.3 is 15.0 Å². The van der Waals surface area contributed by atoms with Crippen LogP contribution in [0.3, 0.4) is 0 Å². The van der Waals surface area contributed by atoms with Crippen molar-refractivity contribution >= 4 is 17.8 Å². The molecule has 0 unspecified atom stereocenters. The highest BCUT2D eigenvalue weighted by Gasteiger charge is 2.31. The van der Waals surface area contributed by atoms with E-state index in [2.05, 4.69) is 5.32 Å². The van der Waals surface area contributed by atoms with Crippen molar-refractivity contribution in [1.29, 1.82) is 0 Å². The Morgan fingerprint density at radius 2 is 1.78 bits per heavy atom. The first-order valence-corrected chi connectivity index (χ1v) is 9.24. The minimum Gasteiger partial charge on any atom is -0.467 e. The summed E-state index contributed by atoms with van der Waals surface area (Å²) in [4.78, 5) is 38.5. The zero-order chi connectivity index (χ0) is 20.0. The van der Waals surface area contributed by atoms with Crippen LogP contribution >= 0.6 is 0 Å². The Balaban J connectivity index is 1.90. The van der Waals surface area contributed by atoms with E-state index in [-0.39, 0.29) is 29.5 Å². The third kappa shape index (κ3) is 5.77. The summed E-state index contributed by atoms with van der Waals surface area (Å²) < 4.78 is 17.8. The van der Waals surface area contributed by atoms with Crippen LogP contribution in [0.25, 0.3) is 0 Å². The van der Waals surface area contributed by atoms with Crippen molar-refractivity contribution in [3.05, 3.63) is 35.6 Å². The summed E-state index contributed by atoms with van der Waals surface area (Å²) in [5.41, 5.74) is 0.432. The molecule has 1 aliphatic rings. The number of rotatable bonds is 6. The Hall–Kier alpha value is -2.44. The molecule has 7 heteroatoms. The highest BCUT2D eigenvalue weighted by atomic mass is 19.1. The first kappa shape index (κ1) is 20.9. The maximum absolute atomic E-state index is 13.0. The van der Waals surface area contributed by atoms with Gasteiger partial charge in [0, 0.05) is 24.6 Å². The predicted octanol–water partition coefficient (Wildman–Crippen LogP) is 2.38. The quantitative estimate of drug-likeness (QED) is 0.771. The molecule has 27 heavy (non-hydrogen) atoms. The molecule has 0 aliphatic carbocycles. The number of likely N-dealkylation sites (tertiary alicyclic amines) is 1. The van der Waals surface area contributed by atoms with Crippen LogP contribution in [0.4, 0.5) is 4.39 Å². The molecule has 0 spiro atoms. The molecule has 1 aliphatic heterocycles. The zero-order valence-electron chi connectivity index (χ0n) is 16.0. The summed E-state index contributed by atoms with van der Waals surface area (Å²) in [5.74, 6) is -1.18. The molecule has 2 amide bonds. The SMILES string of the molecule is COC(=O)[C@H](CC(C)C)NC(=O)C1CCN(C(=O)c2ccc(F)cc2)CC1. The Morgan fingerprint density at radius 1 is 1.19 bits per heavy atom. The molecule has 1 aromatic rings. The van der Waals surface area contributed by atoms with Crippen molar-refractivity contribution in [3.63, 3.8) is 0 Å². The van der Waals surface area contributed by atoms with Crippen LogP contribution in [-0.2, 0) is 14.3 Å². The number of piperidine rings is 1. The van der Waals surface area contributed by atoms with E-state index in [1.54, 1.807) is 4.90 Å². The van der Waals surface area contributed by atoms with E-state index in [4.69, 9.17) is 4.74 Å². The second kappa shape index (κ2) is 9.48. The van der Waals surface area contributed by atoms with Gasteiger partial charge >= 0.3 is 5.97 Å². The molecule has 6 nitrogen and oxygen atoms in total. The van der Waals surface area contributed by atoms with Crippen molar-refractivity contribution in [3.8, 4) is 0 Å². The van der Waals surface area contributed by atoms with Gasteiger partial charge in [-0.05, 0) is 49.4 Å². The topological polar surface area (TPSA) is 75.7 Å². The number of amides is 2. The number of hydrogen-bond acceptors (Lipinski definition) is 4. The number of nitrogens with zero attached hydrogens (tertiary/aromatic N) is 1. The molecule has 2 rings (SSSR count). The molecule has 1 saturated heterocycles. The zero-order valence-corrected chi connectivity index (χ0v) is 16.0. The lowest BCUT2D eigenvalue weighted by atomic mass is 9.94. The molecule has 0 bridgehead atoms. The molecule has 1 fully saturated rings. The highest BCUT2D eigenvalue weighted by Crippen LogP contribution is 2.20. The van der Waals surface area contributed by atoms with Crippen molar-refractivity contribution in [2.75, 3.05) is 20.2 Å². The van der Waals surface area contributed by atoms with Crippen LogP contribution in [-0.4, -0.2) is 48.9 Å². The first-order valence-electron chi connectivity index (χ1n) is 9.24. The number of nitrogens with one attached hydrogen (secondary N) is 1. The lowest BCUT2D eigenvalue weighted by Crippen LogP contribution is -2.48. The fourth-order valence-corrected chi connectivity index (χ4v) is 3.24. The molecule has 0 saturated carbocycles. The number of esters is 1. The predicted molar refractivity (Wildman–Crippen MR) is 98.4 cm³/mol. The van der Waals surface area contributed by atoms with Gasteiger partial charge in [-0.3, -0.25) is 9.59 Å². The van der Waals surface area contributed by atoms with Gasteiger partial charge in [0.05, 0.1) is 7.11 Å². The van der Waals surface area contributed by atoms with Gasteiger partial charge in [-0.2, -0.15) is 0 Å². The summed E-state index contributed by atoms with van der Waals surface area (Å²) in [6.07, 6.45) is 1.56. The molecule has 1 heterocycles. The average Bonchev–Trinajstić information content (AvgIpc) is 2.66. The Labute approximate surface area is 159 Å². The Kier molecular flexibility index (Phi) is 7.33. The van der Waals surface area contributed by atoms with Gasteiger partial charge in [0.15, 0.2) is 0 Å². The highest BCUT2D eigenvalue weighted by molar-refractivity contribution is 5.94. The maximum atomic E-state index is 13.0. The van der Waals surface area contributed by atoms with E-state index in [9.17, 15) is 18.8 Å². The number of carbonyl (C=O) groups is 3. The minimum absolute atomic E-state index is 0.166. The number of halogens is 1. The van der Waals surface area contributed by atoms with E-state index in [1.807, 2.05) is 13.8 Å². The van der Waals surface area contributed by atoms with E-state index in [0.717, 1.165) is 0 Å². The van der Waals surface area contributed by atoms with Gasteiger partial charge in [0.2, 0.25) is 5.91 Å². The fraction of sp³-hybridized carbons (Fsp3) is 0.550. The van der Waals surface area contributed by atoms with Crippen LogP contribution in [0.2, 0.25) is 0 Å². The van der Waals surface area contributed by atoms with E-state index >= 15 is 0 Å². The molecule has 1 aromatic carbocycles. The monoisotopic (exact) mass is 378 g/mol. The third-order valence-electron chi connectivity index (χ3n) is 4.75. The van der Waals surface area contributed by atoms with Crippen LogP contribution < -0.4 is 5.32 Å².